The Morgan fingerprint density at radius 1 is 1.80 bits per heavy atom. The van der Waals surface area contributed by atoms with E-state index in [1.807, 2.05) is 7.05 Å². The van der Waals surface area contributed by atoms with Crippen LogP contribution in [0.3, 0.4) is 0 Å². The molecule has 54 valence electrons. The molecule has 0 amide bonds. The molecule has 1 aromatic heterocycles. The van der Waals surface area contributed by atoms with Crippen LogP contribution in [0.5, 0.6) is 0 Å². The first-order valence-electron chi connectivity index (χ1n) is 2.88. The second-order valence-electron chi connectivity index (χ2n) is 1.78. The van der Waals surface area contributed by atoms with Gasteiger partial charge in [-0.3, -0.25) is 4.68 Å². The third-order valence-corrected chi connectivity index (χ3v) is 1.09. The molecule has 10 heavy (non-hydrogen) atoms. The van der Waals surface area contributed by atoms with Gasteiger partial charge in [-0.25, -0.2) is 4.99 Å². The molecular formula is C6H9N3O. The third-order valence-electron chi connectivity index (χ3n) is 1.09. The van der Waals surface area contributed by atoms with Crippen LogP contribution in [0, 0.1) is 0 Å². The van der Waals surface area contributed by atoms with E-state index in [2.05, 4.69) is 14.8 Å². The van der Waals surface area contributed by atoms with Crippen LogP contribution < -0.4 is 0 Å². The van der Waals surface area contributed by atoms with Gasteiger partial charge in [-0.05, 0) is 0 Å². The summed E-state index contributed by atoms with van der Waals surface area (Å²) >= 11 is 0. The molecule has 0 saturated heterocycles. The summed E-state index contributed by atoms with van der Waals surface area (Å²) < 4.78 is 6.30. The van der Waals surface area contributed by atoms with E-state index in [9.17, 15) is 0 Å². The monoisotopic (exact) mass is 139 g/mol. The average molecular weight is 139 g/mol. The lowest BCUT2D eigenvalue weighted by atomic mass is 10.6. The van der Waals surface area contributed by atoms with Crippen molar-refractivity contribution in [3.8, 4) is 0 Å². The zero-order chi connectivity index (χ0) is 7.40. The van der Waals surface area contributed by atoms with Gasteiger partial charge < -0.3 is 4.74 Å². The van der Waals surface area contributed by atoms with Crippen LogP contribution in [0.1, 0.15) is 0 Å². The minimum Gasteiger partial charge on any atom is -0.486 e. The number of rotatable bonds is 2. The number of aryl methyl sites for hydroxylation is 1. The normalized spacial score (nSPS) is 10.6. The van der Waals surface area contributed by atoms with Crippen molar-refractivity contribution in [2.45, 2.75) is 0 Å². The van der Waals surface area contributed by atoms with Crippen molar-refractivity contribution in [3.63, 3.8) is 0 Å². The lowest BCUT2D eigenvalue weighted by molar-refractivity contribution is 0.422. The number of methoxy groups -OCH3 is 1. The molecule has 0 unspecified atom stereocenters. The standard InChI is InChI=1S/C6H9N3O/c1-9-6(3-4-8-9)7-5-10-2/h3-5H,1-2H3. The maximum absolute atomic E-state index is 4.64. The summed E-state index contributed by atoms with van der Waals surface area (Å²) in [5, 5.41) is 3.92. The Balaban J connectivity index is 2.74. The zero-order valence-electron chi connectivity index (χ0n) is 5.98. The first-order chi connectivity index (χ1) is 4.84. The lowest BCUT2D eigenvalue weighted by Gasteiger charge is -1.91. The number of aromatic nitrogens is 2. The van der Waals surface area contributed by atoms with Gasteiger partial charge in [-0.2, -0.15) is 5.10 Å². The van der Waals surface area contributed by atoms with Gasteiger partial charge in [0.2, 0.25) is 0 Å². The summed E-state index contributed by atoms with van der Waals surface area (Å²) in [4.78, 5) is 3.94. The molecule has 0 radical (unpaired) electrons. The van der Waals surface area contributed by atoms with Crippen molar-refractivity contribution < 1.29 is 4.74 Å². The van der Waals surface area contributed by atoms with Crippen molar-refractivity contribution >= 4 is 12.2 Å². The Kier molecular flexibility index (Phi) is 2.04. The maximum atomic E-state index is 4.64. The van der Waals surface area contributed by atoms with Gasteiger partial charge in [-0.15, -0.1) is 0 Å². The quantitative estimate of drug-likeness (QED) is 0.447. The van der Waals surface area contributed by atoms with Crippen LogP contribution in [0.2, 0.25) is 0 Å². The van der Waals surface area contributed by atoms with Gasteiger partial charge in [0.05, 0.1) is 13.3 Å². The fourth-order valence-electron chi connectivity index (χ4n) is 0.600. The molecule has 0 aliphatic rings. The molecule has 0 aromatic carbocycles. The molecule has 0 atom stereocenters. The highest BCUT2D eigenvalue weighted by Crippen LogP contribution is 2.06. The van der Waals surface area contributed by atoms with E-state index in [0.29, 0.717) is 0 Å². The second-order valence-corrected chi connectivity index (χ2v) is 1.78. The van der Waals surface area contributed by atoms with Crippen molar-refractivity contribution in [1.82, 2.24) is 9.78 Å². The van der Waals surface area contributed by atoms with Crippen LogP contribution in [0.25, 0.3) is 0 Å². The predicted octanol–water partition coefficient (Wildman–Crippen LogP) is 0.726. The molecule has 0 spiro atoms. The van der Waals surface area contributed by atoms with E-state index in [-0.39, 0.29) is 0 Å². The van der Waals surface area contributed by atoms with E-state index in [4.69, 9.17) is 0 Å². The molecule has 0 bridgehead atoms. The summed E-state index contributed by atoms with van der Waals surface area (Å²) in [5.74, 6) is 0.779. The molecule has 4 nitrogen and oxygen atoms in total. The molecule has 1 heterocycles. The van der Waals surface area contributed by atoms with Crippen molar-refractivity contribution in [1.29, 1.82) is 0 Å². The number of hydrogen-bond donors (Lipinski definition) is 0. The topological polar surface area (TPSA) is 39.4 Å². The molecule has 0 fully saturated rings. The lowest BCUT2D eigenvalue weighted by Crippen LogP contribution is -1.88. The van der Waals surface area contributed by atoms with E-state index >= 15 is 0 Å². The van der Waals surface area contributed by atoms with Gasteiger partial charge in [0, 0.05) is 13.1 Å². The summed E-state index contributed by atoms with van der Waals surface area (Å²) in [5.41, 5.74) is 0. The number of nitrogens with zero attached hydrogens (tertiary/aromatic N) is 3. The van der Waals surface area contributed by atoms with Gasteiger partial charge in [0.1, 0.15) is 0 Å². The molecular weight excluding hydrogens is 130 g/mol. The zero-order valence-corrected chi connectivity index (χ0v) is 5.98. The fourth-order valence-corrected chi connectivity index (χ4v) is 0.600. The fraction of sp³-hybridized carbons (Fsp3) is 0.333. The maximum Gasteiger partial charge on any atom is 0.175 e. The van der Waals surface area contributed by atoms with Crippen LogP contribution in [0.15, 0.2) is 17.3 Å². The summed E-state index contributed by atoms with van der Waals surface area (Å²) in [6.45, 7) is 0. The Hall–Kier alpha value is -1.32. The second kappa shape index (κ2) is 3.00. The van der Waals surface area contributed by atoms with Gasteiger partial charge in [0.15, 0.2) is 12.2 Å². The molecule has 0 saturated carbocycles. The highest BCUT2D eigenvalue weighted by atomic mass is 16.5. The molecule has 4 heteroatoms. The van der Waals surface area contributed by atoms with Crippen molar-refractivity contribution in [2.24, 2.45) is 12.0 Å². The van der Waals surface area contributed by atoms with Gasteiger partial charge >= 0.3 is 0 Å². The molecule has 1 rings (SSSR count). The minimum absolute atomic E-state index is 0.779. The molecule has 0 N–H and O–H groups in total. The smallest absolute Gasteiger partial charge is 0.175 e. The number of ether oxygens (including phenoxy) is 1. The summed E-state index contributed by atoms with van der Waals surface area (Å²) in [7, 11) is 3.38. The van der Waals surface area contributed by atoms with E-state index in [1.165, 1.54) is 6.40 Å². The largest absolute Gasteiger partial charge is 0.486 e. The molecule has 0 aliphatic carbocycles. The highest BCUT2D eigenvalue weighted by Gasteiger charge is 1.90. The van der Waals surface area contributed by atoms with Crippen LogP contribution in [-0.4, -0.2) is 23.3 Å². The highest BCUT2D eigenvalue weighted by molar-refractivity contribution is 5.52. The number of aliphatic imine (C=N–C) groups is 1. The Bertz CT molecular complexity index is 229. The Labute approximate surface area is 59.1 Å². The predicted molar refractivity (Wildman–Crippen MR) is 38.4 cm³/mol. The number of hydrogen-bond acceptors (Lipinski definition) is 3. The van der Waals surface area contributed by atoms with Gasteiger partial charge in [-0.1, -0.05) is 0 Å². The van der Waals surface area contributed by atoms with Crippen molar-refractivity contribution in [2.75, 3.05) is 7.11 Å². The summed E-state index contributed by atoms with van der Waals surface area (Å²) in [6, 6.07) is 1.80. The van der Waals surface area contributed by atoms with E-state index < -0.39 is 0 Å². The molecule has 0 aliphatic heterocycles. The Morgan fingerprint density at radius 3 is 3.10 bits per heavy atom. The van der Waals surface area contributed by atoms with E-state index in [1.54, 1.807) is 24.1 Å². The SMILES string of the molecule is COC=Nc1ccnn1C. The Morgan fingerprint density at radius 2 is 2.60 bits per heavy atom. The third kappa shape index (κ3) is 1.34. The molecule has 1 aromatic rings. The van der Waals surface area contributed by atoms with Gasteiger partial charge in [0.25, 0.3) is 0 Å². The first kappa shape index (κ1) is 6.80. The van der Waals surface area contributed by atoms with Crippen molar-refractivity contribution in [3.05, 3.63) is 12.3 Å². The van der Waals surface area contributed by atoms with E-state index in [0.717, 1.165) is 5.82 Å². The average Bonchev–Trinajstić information content (AvgIpc) is 2.31. The first-order valence-corrected chi connectivity index (χ1v) is 2.88. The van der Waals surface area contributed by atoms with Crippen LogP contribution in [-0.2, 0) is 11.8 Å². The van der Waals surface area contributed by atoms with Crippen LogP contribution in [0.4, 0.5) is 5.82 Å². The van der Waals surface area contributed by atoms with Crippen LogP contribution >= 0.6 is 0 Å². The minimum atomic E-state index is 0.779. The summed E-state index contributed by atoms with van der Waals surface area (Å²) in [6.07, 6.45) is 3.05.